The number of carbonyl (C=O) groups excluding carboxylic acids is 2. The highest BCUT2D eigenvalue weighted by molar-refractivity contribution is 6.05. The highest BCUT2D eigenvalue weighted by Gasteiger charge is 2.27. The number of hydrogen-bond acceptors (Lipinski definition) is 3. The Morgan fingerprint density at radius 1 is 1.44 bits per heavy atom. The van der Waals surface area contributed by atoms with E-state index < -0.39 is 11.6 Å². The summed E-state index contributed by atoms with van der Waals surface area (Å²) in [5.74, 6) is -2.83. The molecule has 0 bridgehead atoms. The average molecular weight is 255 g/mol. The lowest BCUT2D eigenvalue weighted by Crippen LogP contribution is -2.45. The number of halogens is 2. The van der Waals surface area contributed by atoms with Crippen LogP contribution in [0.1, 0.15) is 0 Å². The molecule has 0 spiro atoms. The molecule has 0 atom stereocenters. The van der Waals surface area contributed by atoms with Crippen molar-refractivity contribution >= 4 is 23.2 Å². The molecule has 1 aliphatic rings. The molecular weight excluding hydrogens is 244 g/mol. The molecule has 0 aliphatic carbocycles. The van der Waals surface area contributed by atoms with Gasteiger partial charge in [0.1, 0.15) is 6.54 Å². The largest absolute Gasteiger partial charge is 0.374 e. The molecule has 5 nitrogen and oxygen atoms in total. The quantitative estimate of drug-likeness (QED) is 0.807. The van der Waals surface area contributed by atoms with E-state index in [0.717, 1.165) is 17.0 Å². The van der Waals surface area contributed by atoms with Crippen molar-refractivity contribution in [2.24, 2.45) is 0 Å². The minimum absolute atomic E-state index is 0.0604. The minimum atomic E-state index is -1.06. The number of carbonyl (C=O) groups is 2. The maximum atomic E-state index is 13.2. The van der Waals surface area contributed by atoms with E-state index in [1.807, 2.05) is 0 Å². The molecule has 96 valence electrons. The van der Waals surface area contributed by atoms with Crippen LogP contribution in [-0.4, -0.2) is 32.0 Å². The molecule has 0 radical (unpaired) electrons. The number of hydrogen-bond donors (Lipinski definition) is 2. The summed E-state index contributed by atoms with van der Waals surface area (Å²) < 4.78 is 26.2. The number of nitrogens with zero attached hydrogens (tertiary/aromatic N) is 1. The first-order chi connectivity index (χ1) is 8.52. The first-order valence-corrected chi connectivity index (χ1v) is 5.27. The molecule has 0 saturated carbocycles. The fraction of sp³-hybridized carbons (Fsp3) is 0.273. The van der Waals surface area contributed by atoms with Gasteiger partial charge in [-0.3, -0.25) is 14.5 Å². The number of fused-ring (bicyclic) bond motifs is 1. The standard InChI is InChI=1S/C11H11F2N3O2/c1-14-10(17)5-16-9-3-7(13)6(12)2-8(9)15-4-11(16)18/h2-3,15H,4-5H2,1H3,(H,14,17). The Labute approximate surface area is 102 Å². The smallest absolute Gasteiger partial charge is 0.246 e. The van der Waals surface area contributed by atoms with E-state index in [4.69, 9.17) is 0 Å². The van der Waals surface area contributed by atoms with Gasteiger partial charge in [0.25, 0.3) is 0 Å². The highest BCUT2D eigenvalue weighted by Crippen LogP contribution is 2.31. The predicted octanol–water partition coefficient (Wildman–Crippen LogP) is 0.469. The zero-order valence-corrected chi connectivity index (χ0v) is 9.59. The van der Waals surface area contributed by atoms with Crippen LogP contribution in [0.5, 0.6) is 0 Å². The van der Waals surface area contributed by atoms with E-state index in [1.54, 1.807) is 0 Å². The zero-order valence-electron chi connectivity index (χ0n) is 9.59. The van der Waals surface area contributed by atoms with E-state index in [1.165, 1.54) is 7.05 Å². The predicted molar refractivity (Wildman–Crippen MR) is 61.3 cm³/mol. The molecule has 0 unspecified atom stereocenters. The molecular formula is C11H11F2N3O2. The minimum Gasteiger partial charge on any atom is -0.374 e. The van der Waals surface area contributed by atoms with Gasteiger partial charge in [0.2, 0.25) is 11.8 Å². The SMILES string of the molecule is CNC(=O)CN1C(=O)CNc2cc(F)c(F)cc21. The maximum absolute atomic E-state index is 13.2. The lowest BCUT2D eigenvalue weighted by Gasteiger charge is -2.29. The molecule has 1 aromatic rings. The van der Waals surface area contributed by atoms with Crippen molar-refractivity contribution in [2.75, 3.05) is 30.4 Å². The van der Waals surface area contributed by atoms with Crippen LogP contribution in [0, 0.1) is 11.6 Å². The molecule has 2 N–H and O–H groups in total. The van der Waals surface area contributed by atoms with Crippen LogP contribution in [0.3, 0.4) is 0 Å². The van der Waals surface area contributed by atoms with Gasteiger partial charge < -0.3 is 10.6 Å². The average Bonchev–Trinajstić information content (AvgIpc) is 2.35. The van der Waals surface area contributed by atoms with Crippen LogP contribution in [0.4, 0.5) is 20.2 Å². The molecule has 1 aliphatic heterocycles. The summed E-state index contributed by atoms with van der Waals surface area (Å²) >= 11 is 0. The summed E-state index contributed by atoms with van der Waals surface area (Å²) in [6, 6.07) is 1.87. The summed E-state index contributed by atoms with van der Waals surface area (Å²) in [5.41, 5.74) is 0.450. The molecule has 7 heteroatoms. The van der Waals surface area contributed by atoms with Crippen molar-refractivity contribution in [1.82, 2.24) is 5.32 Å². The Morgan fingerprint density at radius 3 is 2.78 bits per heavy atom. The highest BCUT2D eigenvalue weighted by atomic mass is 19.2. The van der Waals surface area contributed by atoms with Gasteiger partial charge in [-0.1, -0.05) is 0 Å². The van der Waals surface area contributed by atoms with Gasteiger partial charge in [0.15, 0.2) is 11.6 Å². The molecule has 0 fully saturated rings. The molecule has 0 saturated heterocycles. The number of benzene rings is 1. The fourth-order valence-corrected chi connectivity index (χ4v) is 1.70. The van der Waals surface area contributed by atoms with Crippen LogP contribution in [0.25, 0.3) is 0 Å². The first kappa shape index (κ1) is 12.3. The third kappa shape index (κ3) is 2.11. The molecule has 18 heavy (non-hydrogen) atoms. The first-order valence-electron chi connectivity index (χ1n) is 5.27. The summed E-state index contributed by atoms with van der Waals surface area (Å²) in [7, 11) is 1.43. The second-order valence-electron chi connectivity index (χ2n) is 3.79. The molecule has 1 heterocycles. The normalized spacial score (nSPS) is 13.9. The number of nitrogens with one attached hydrogen (secondary N) is 2. The zero-order chi connectivity index (χ0) is 13.3. The van der Waals surface area contributed by atoms with E-state index >= 15 is 0 Å². The summed E-state index contributed by atoms with van der Waals surface area (Å²) in [6.45, 7) is -0.288. The summed E-state index contributed by atoms with van der Waals surface area (Å²) in [4.78, 5) is 24.1. The summed E-state index contributed by atoms with van der Waals surface area (Å²) in [5, 5.41) is 5.04. The lowest BCUT2D eigenvalue weighted by atomic mass is 10.1. The molecule has 2 rings (SSSR count). The third-order valence-electron chi connectivity index (χ3n) is 2.64. The van der Waals surface area contributed by atoms with Crippen LogP contribution < -0.4 is 15.5 Å². The van der Waals surface area contributed by atoms with Crippen LogP contribution in [0.15, 0.2) is 12.1 Å². The molecule has 0 aromatic heterocycles. The van der Waals surface area contributed by atoms with Crippen molar-refractivity contribution in [1.29, 1.82) is 0 Å². The van der Waals surface area contributed by atoms with Gasteiger partial charge in [-0.15, -0.1) is 0 Å². The number of likely N-dealkylation sites (N-methyl/N-ethyl adjacent to an activating group) is 1. The number of rotatable bonds is 2. The molecule has 2 amide bonds. The number of amides is 2. The van der Waals surface area contributed by atoms with Crippen LogP contribution in [0.2, 0.25) is 0 Å². The lowest BCUT2D eigenvalue weighted by molar-refractivity contribution is -0.123. The monoisotopic (exact) mass is 255 g/mol. The summed E-state index contributed by atoms with van der Waals surface area (Å²) in [6.07, 6.45) is 0. The van der Waals surface area contributed by atoms with E-state index in [2.05, 4.69) is 10.6 Å². The second-order valence-corrected chi connectivity index (χ2v) is 3.79. The van der Waals surface area contributed by atoms with Gasteiger partial charge in [-0.25, -0.2) is 8.78 Å². The maximum Gasteiger partial charge on any atom is 0.246 e. The third-order valence-corrected chi connectivity index (χ3v) is 2.64. The van der Waals surface area contributed by atoms with Gasteiger partial charge in [0, 0.05) is 19.2 Å². The van der Waals surface area contributed by atoms with Gasteiger partial charge in [0.05, 0.1) is 17.9 Å². The van der Waals surface area contributed by atoms with Crippen molar-refractivity contribution in [2.45, 2.75) is 0 Å². The topological polar surface area (TPSA) is 61.4 Å². The van der Waals surface area contributed by atoms with E-state index in [9.17, 15) is 18.4 Å². The Bertz CT molecular complexity index is 519. The Hall–Kier alpha value is -2.18. The van der Waals surface area contributed by atoms with Crippen LogP contribution in [-0.2, 0) is 9.59 Å². The van der Waals surface area contributed by atoms with Crippen molar-refractivity contribution in [3.63, 3.8) is 0 Å². The Balaban J connectivity index is 2.40. The van der Waals surface area contributed by atoms with Gasteiger partial charge in [-0.2, -0.15) is 0 Å². The molecule has 1 aromatic carbocycles. The van der Waals surface area contributed by atoms with Crippen molar-refractivity contribution < 1.29 is 18.4 Å². The van der Waals surface area contributed by atoms with Gasteiger partial charge >= 0.3 is 0 Å². The van der Waals surface area contributed by atoms with Crippen LogP contribution >= 0.6 is 0 Å². The Kier molecular flexibility index (Phi) is 3.14. The van der Waals surface area contributed by atoms with Gasteiger partial charge in [-0.05, 0) is 0 Å². The number of anilines is 2. The van der Waals surface area contributed by atoms with Crippen molar-refractivity contribution in [3.8, 4) is 0 Å². The fourth-order valence-electron chi connectivity index (χ4n) is 1.70. The van der Waals surface area contributed by atoms with Crippen molar-refractivity contribution in [3.05, 3.63) is 23.8 Å². The van der Waals surface area contributed by atoms with E-state index in [0.29, 0.717) is 0 Å². The second kappa shape index (κ2) is 4.59. The van der Waals surface area contributed by atoms with E-state index in [-0.39, 0.29) is 36.3 Å². The Morgan fingerprint density at radius 2 is 2.11 bits per heavy atom.